The molecular weight excluding hydrogens is 401 g/mol. The van der Waals surface area contributed by atoms with Crippen molar-refractivity contribution in [2.24, 2.45) is 5.10 Å². The molecule has 1 aliphatic rings. The Balaban J connectivity index is 1.61. The minimum atomic E-state index is -0.302. The highest BCUT2D eigenvalue weighted by molar-refractivity contribution is 6.30. The topological polar surface area (TPSA) is 35.9 Å². The maximum absolute atomic E-state index is 13.3. The number of hydrogen-bond acceptors (Lipinski definition) is 3. The molecule has 1 heterocycles. The molecule has 3 aromatic carbocycles. The summed E-state index contributed by atoms with van der Waals surface area (Å²) in [6, 6.07) is 23.1. The fourth-order valence-electron chi connectivity index (χ4n) is 3.55. The number of carbonyl (C=O) groups excluding carboxylic acids is 1. The van der Waals surface area contributed by atoms with E-state index < -0.39 is 0 Å². The smallest absolute Gasteiger partial charge is 0.262 e. The normalized spacial score (nSPS) is 15.8. The Morgan fingerprint density at radius 2 is 1.73 bits per heavy atom. The van der Waals surface area contributed by atoms with Gasteiger partial charge in [0.2, 0.25) is 0 Å². The number of amides is 1. The average molecular weight is 422 g/mol. The highest BCUT2D eigenvalue weighted by Crippen LogP contribution is 2.33. The number of halogens is 2. The molecule has 0 aromatic heterocycles. The molecule has 4 nitrogen and oxygen atoms in total. The lowest BCUT2D eigenvalue weighted by molar-refractivity contribution is -0.131. The standard InChI is InChI=1S/C24H21ClFN3O/c1-28(21-5-3-2-4-6-21)16-24(30)29-23(18-7-11-19(25)12-8-18)15-22(27-29)17-9-13-20(26)14-10-17/h2-14,23H,15-16H2,1H3. The molecule has 30 heavy (non-hydrogen) atoms. The predicted molar refractivity (Wildman–Crippen MR) is 118 cm³/mol. The van der Waals surface area contributed by atoms with Gasteiger partial charge in [-0.15, -0.1) is 0 Å². The fraction of sp³-hybridized carbons (Fsp3) is 0.167. The minimum absolute atomic E-state index is 0.113. The van der Waals surface area contributed by atoms with Gasteiger partial charge in [-0.3, -0.25) is 4.79 Å². The molecule has 0 saturated heterocycles. The van der Waals surface area contributed by atoms with Gasteiger partial charge in [-0.1, -0.05) is 54.1 Å². The van der Waals surface area contributed by atoms with Crippen LogP contribution in [-0.2, 0) is 4.79 Å². The Labute approximate surface area is 180 Å². The van der Waals surface area contributed by atoms with Crippen molar-refractivity contribution >= 4 is 28.9 Å². The Kier molecular flexibility index (Phi) is 5.81. The molecular formula is C24H21ClFN3O. The highest BCUT2D eigenvalue weighted by atomic mass is 35.5. The summed E-state index contributed by atoms with van der Waals surface area (Å²) in [5.74, 6) is -0.414. The number of rotatable bonds is 5. The van der Waals surface area contributed by atoms with Crippen LogP contribution in [0.3, 0.4) is 0 Å². The van der Waals surface area contributed by atoms with E-state index in [1.54, 1.807) is 17.1 Å². The monoisotopic (exact) mass is 421 g/mol. The fourth-order valence-corrected chi connectivity index (χ4v) is 3.68. The lowest BCUT2D eigenvalue weighted by Gasteiger charge is -2.25. The second kappa shape index (κ2) is 8.67. The first-order valence-electron chi connectivity index (χ1n) is 9.68. The quantitative estimate of drug-likeness (QED) is 0.561. The molecule has 1 amide bonds. The zero-order valence-electron chi connectivity index (χ0n) is 16.5. The molecule has 0 fully saturated rings. The lowest BCUT2D eigenvalue weighted by atomic mass is 9.98. The molecule has 1 aliphatic heterocycles. The van der Waals surface area contributed by atoms with Gasteiger partial charge in [-0.2, -0.15) is 5.10 Å². The van der Waals surface area contributed by atoms with Crippen LogP contribution in [0.2, 0.25) is 5.02 Å². The van der Waals surface area contributed by atoms with Crippen molar-refractivity contribution in [2.75, 3.05) is 18.5 Å². The summed E-state index contributed by atoms with van der Waals surface area (Å²) in [7, 11) is 1.88. The van der Waals surface area contributed by atoms with E-state index in [-0.39, 0.29) is 24.3 Å². The number of anilines is 1. The maximum atomic E-state index is 13.3. The van der Waals surface area contributed by atoms with Crippen molar-refractivity contribution in [3.8, 4) is 0 Å². The molecule has 1 atom stereocenters. The number of hydrogen-bond donors (Lipinski definition) is 0. The van der Waals surface area contributed by atoms with Crippen LogP contribution in [0.25, 0.3) is 0 Å². The van der Waals surface area contributed by atoms with E-state index in [9.17, 15) is 9.18 Å². The van der Waals surface area contributed by atoms with Gasteiger partial charge in [0.05, 0.1) is 18.3 Å². The second-order valence-electron chi connectivity index (χ2n) is 7.25. The van der Waals surface area contributed by atoms with E-state index in [0.29, 0.717) is 11.4 Å². The van der Waals surface area contributed by atoms with Gasteiger partial charge in [0, 0.05) is 24.2 Å². The first-order chi connectivity index (χ1) is 14.5. The van der Waals surface area contributed by atoms with Crippen LogP contribution < -0.4 is 4.90 Å². The Hall–Kier alpha value is -3.18. The maximum Gasteiger partial charge on any atom is 0.262 e. The van der Waals surface area contributed by atoms with Crippen LogP contribution in [0.15, 0.2) is 84.0 Å². The number of likely N-dealkylation sites (N-methyl/N-ethyl adjacent to an activating group) is 1. The molecule has 3 aromatic rings. The van der Waals surface area contributed by atoms with Crippen LogP contribution in [0.4, 0.5) is 10.1 Å². The molecule has 0 N–H and O–H groups in total. The van der Waals surface area contributed by atoms with Crippen LogP contribution >= 0.6 is 11.6 Å². The highest BCUT2D eigenvalue weighted by Gasteiger charge is 2.33. The Bertz CT molecular complexity index is 1050. The lowest BCUT2D eigenvalue weighted by Crippen LogP contribution is -2.36. The van der Waals surface area contributed by atoms with E-state index in [4.69, 9.17) is 11.6 Å². The third kappa shape index (κ3) is 4.36. The number of benzene rings is 3. The third-order valence-corrected chi connectivity index (χ3v) is 5.42. The zero-order valence-corrected chi connectivity index (χ0v) is 17.3. The summed E-state index contributed by atoms with van der Waals surface area (Å²) in [5.41, 5.74) is 3.47. The van der Waals surface area contributed by atoms with Crippen molar-refractivity contribution in [1.82, 2.24) is 5.01 Å². The summed E-state index contributed by atoms with van der Waals surface area (Å²) < 4.78 is 13.3. The summed E-state index contributed by atoms with van der Waals surface area (Å²) in [5, 5.41) is 6.81. The first-order valence-corrected chi connectivity index (χ1v) is 10.1. The molecule has 152 valence electrons. The average Bonchev–Trinajstić information content (AvgIpc) is 3.21. The van der Waals surface area contributed by atoms with Crippen LogP contribution in [-0.4, -0.2) is 30.2 Å². The van der Waals surface area contributed by atoms with Crippen LogP contribution in [0.5, 0.6) is 0 Å². The number of nitrogens with zero attached hydrogens (tertiary/aromatic N) is 3. The molecule has 0 radical (unpaired) electrons. The molecule has 4 rings (SSSR count). The van der Waals surface area contributed by atoms with E-state index in [0.717, 1.165) is 22.5 Å². The van der Waals surface area contributed by atoms with Gasteiger partial charge in [-0.25, -0.2) is 9.40 Å². The van der Waals surface area contributed by atoms with Gasteiger partial charge in [0.25, 0.3) is 5.91 Å². The van der Waals surface area contributed by atoms with E-state index >= 15 is 0 Å². The van der Waals surface area contributed by atoms with Gasteiger partial charge in [-0.05, 0) is 47.5 Å². The van der Waals surface area contributed by atoms with E-state index in [2.05, 4.69) is 5.10 Å². The van der Waals surface area contributed by atoms with Crippen LogP contribution in [0, 0.1) is 5.82 Å². The van der Waals surface area contributed by atoms with E-state index in [1.165, 1.54) is 12.1 Å². The third-order valence-electron chi connectivity index (χ3n) is 5.17. The van der Waals surface area contributed by atoms with Crippen molar-refractivity contribution in [2.45, 2.75) is 12.5 Å². The molecule has 0 aliphatic carbocycles. The summed E-state index contributed by atoms with van der Waals surface area (Å²) in [6.45, 7) is 0.189. The van der Waals surface area contributed by atoms with Crippen molar-refractivity contribution in [3.63, 3.8) is 0 Å². The minimum Gasteiger partial charge on any atom is -0.365 e. The van der Waals surface area contributed by atoms with Gasteiger partial charge in [0.1, 0.15) is 5.82 Å². The second-order valence-corrected chi connectivity index (χ2v) is 7.69. The number of carbonyl (C=O) groups is 1. The van der Waals surface area contributed by atoms with Crippen LogP contribution in [0.1, 0.15) is 23.6 Å². The molecule has 0 bridgehead atoms. The van der Waals surface area contributed by atoms with Gasteiger partial charge >= 0.3 is 0 Å². The summed E-state index contributed by atoms with van der Waals surface area (Å²) in [6.07, 6.45) is 0.550. The summed E-state index contributed by atoms with van der Waals surface area (Å²) in [4.78, 5) is 15.1. The van der Waals surface area contributed by atoms with E-state index in [1.807, 2.05) is 66.5 Å². The van der Waals surface area contributed by atoms with Crippen molar-refractivity contribution < 1.29 is 9.18 Å². The molecule has 6 heteroatoms. The first kappa shape index (κ1) is 20.1. The SMILES string of the molecule is CN(CC(=O)N1N=C(c2ccc(F)cc2)CC1c1ccc(Cl)cc1)c1ccccc1. The van der Waals surface area contributed by atoms with Gasteiger partial charge in [0.15, 0.2) is 0 Å². The molecule has 1 unspecified atom stereocenters. The Morgan fingerprint density at radius 1 is 1.07 bits per heavy atom. The number of para-hydroxylation sites is 1. The Morgan fingerprint density at radius 3 is 2.40 bits per heavy atom. The van der Waals surface area contributed by atoms with Crippen molar-refractivity contribution in [3.05, 3.63) is 101 Å². The largest absolute Gasteiger partial charge is 0.365 e. The molecule has 0 spiro atoms. The molecule has 0 saturated carbocycles. The zero-order chi connectivity index (χ0) is 21.1. The van der Waals surface area contributed by atoms with Gasteiger partial charge < -0.3 is 4.90 Å². The predicted octanol–water partition coefficient (Wildman–Crippen LogP) is 5.29. The number of hydrazone groups is 1. The summed E-state index contributed by atoms with van der Waals surface area (Å²) >= 11 is 6.04. The van der Waals surface area contributed by atoms with Crippen molar-refractivity contribution in [1.29, 1.82) is 0 Å².